The van der Waals surface area contributed by atoms with Gasteiger partial charge in [0.05, 0.1) is 5.92 Å². The molecule has 0 saturated heterocycles. The molecule has 0 spiro atoms. The Morgan fingerprint density at radius 3 is 2.40 bits per heavy atom. The number of rotatable bonds is 5. The van der Waals surface area contributed by atoms with Gasteiger partial charge in [-0.05, 0) is 36.6 Å². The summed E-state index contributed by atoms with van der Waals surface area (Å²) >= 11 is 0. The van der Waals surface area contributed by atoms with Crippen molar-refractivity contribution in [1.82, 2.24) is 0 Å². The van der Waals surface area contributed by atoms with Gasteiger partial charge in [0, 0.05) is 25.5 Å². The number of carbonyl (C=O) groups excluding carboxylic acids is 2. The summed E-state index contributed by atoms with van der Waals surface area (Å²) in [5.74, 6) is -0.203. The van der Waals surface area contributed by atoms with Crippen LogP contribution in [0.1, 0.15) is 13.3 Å². The fourth-order valence-corrected chi connectivity index (χ4v) is 1.93. The van der Waals surface area contributed by atoms with E-state index in [-0.39, 0.29) is 24.4 Å². The second-order valence-electron chi connectivity index (χ2n) is 5.42. The lowest BCUT2D eigenvalue weighted by Gasteiger charge is -2.13. The summed E-state index contributed by atoms with van der Waals surface area (Å²) in [6, 6.07) is 7.46. The summed E-state index contributed by atoms with van der Waals surface area (Å²) in [6.45, 7) is 1.77. The number of hydrogen-bond donors (Lipinski definition) is 1. The molecule has 0 aliphatic heterocycles. The van der Waals surface area contributed by atoms with Gasteiger partial charge in [0.2, 0.25) is 0 Å². The zero-order valence-corrected chi connectivity index (χ0v) is 12.1. The van der Waals surface area contributed by atoms with Crippen LogP contribution in [0.25, 0.3) is 0 Å². The summed E-state index contributed by atoms with van der Waals surface area (Å²) < 4.78 is 4.97. The number of nitrogens with one attached hydrogen (secondary N) is 1. The van der Waals surface area contributed by atoms with Gasteiger partial charge in [-0.25, -0.2) is 0 Å². The second-order valence-corrected chi connectivity index (χ2v) is 5.42. The summed E-state index contributed by atoms with van der Waals surface area (Å²) in [5.41, 5.74) is 1.74. The van der Waals surface area contributed by atoms with Crippen molar-refractivity contribution in [1.29, 1.82) is 0 Å². The normalized spacial score (nSPS) is 20.1. The third-order valence-electron chi connectivity index (χ3n) is 3.43. The van der Waals surface area contributed by atoms with Crippen LogP contribution in [0.15, 0.2) is 24.3 Å². The highest BCUT2D eigenvalue weighted by molar-refractivity contribution is 5.93. The van der Waals surface area contributed by atoms with Crippen LogP contribution in [-0.2, 0) is 14.3 Å². The second kappa shape index (κ2) is 5.94. The van der Waals surface area contributed by atoms with E-state index in [0.29, 0.717) is 11.6 Å². The van der Waals surface area contributed by atoms with Crippen LogP contribution in [-0.4, -0.2) is 32.6 Å². The Bertz CT molecular complexity index is 496. The molecule has 20 heavy (non-hydrogen) atoms. The molecule has 108 valence electrons. The molecule has 2 atom stereocenters. The number of benzene rings is 1. The van der Waals surface area contributed by atoms with Crippen LogP contribution in [0.2, 0.25) is 0 Å². The van der Waals surface area contributed by atoms with Crippen LogP contribution in [0, 0.1) is 11.8 Å². The lowest BCUT2D eigenvalue weighted by atomic mass is 10.2. The van der Waals surface area contributed by atoms with E-state index in [1.54, 1.807) is 0 Å². The molecule has 5 nitrogen and oxygen atoms in total. The molecule has 1 aliphatic rings. The van der Waals surface area contributed by atoms with Crippen molar-refractivity contribution in [2.24, 2.45) is 11.8 Å². The predicted octanol–water partition coefficient (Wildman–Crippen LogP) is 1.89. The Hall–Kier alpha value is -2.04. The number of esters is 1. The lowest BCUT2D eigenvalue weighted by Crippen LogP contribution is -2.21. The van der Waals surface area contributed by atoms with Gasteiger partial charge in [-0.3, -0.25) is 9.59 Å². The van der Waals surface area contributed by atoms with E-state index < -0.39 is 0 Å². The zero-order chi connectivity index (χ0) is 14.7. The Balaban J connectivity index is 1.77. The van der Waals surface area contributed by atoms with Gasteiger partial charge < -0.3 is 15.0 Å². The number of anilines is 2. The Labute approximate surface area is 118 Å². The van der Waals surface area contributed by atoms with Gasteiger partial charge in [0.25, 0.3) is 5.91 Å². The molecule has 0 radical (unpaired) electrons. The molecule has 1 fully saturated rings. The van der Waals surface area contributed by atoms with Crippen molar-refractivity contribution in [3.05, 3.63) is 24.3 Å². The van der Waals surface area contributed by atoms with E-state index >= 15 is 0 Å². The van der Waals surface area contributed by atoms with Crippen LogP contribution in [0.3, 0.4) is 0 Å². The molecule has 1 saturated carbocycles. The van der Waals surface area contributed by atoms with Gasteiger partial charge in [0.1, 0.15) is 0 Å². The molecule has 5 heteroatoms. The van der Waals surface area contributed by atoms with E-state index in [2.05, 4.69) is 5.32 Å². The Morgan fingerprint density at radius 1 is 1.30 bits per heavy atom. The van der Waals surface area contributed by atoms with Crippen molar-refractivity contribution < 1.29 is 14.3 Å². The molecular formula is C15H20N2O3. The smallest absolute Gasteiger partial charge is 0.309 e. The standard InChI is InChI=1S/C15H20N2O3/c1-10-8-13(10)15(19)20-9-14(18)16-11-4-6-12(7-5-11)17(2)3/h4-7,10,13H,8-9H2,1-3H3,(H,16,18)/t10-,13+/m1/s1. The molecule has 0 aromatic heterocycles. The Kier molecular flexibility index (Phi) is 4.27. The molecule has 1 aromatic carbocycles. The Morgan fingerprint density at radius 2 is 1.90 bits per heavy atom. The monoisotopic (exact) mass is 276 g/mol. The first-order valence-corrected chi connectivity index (χ1v) is 6.71. The minimum atomic E-state index is -0.316. The first-order valence-electron chi connectivity index (χ1n) is 6.71. The number of carbonyl (C=O) groups is 2. The summed E-state index contributed by atoms with van der Waals surface area (Å²) in [6.07, 6.45) is 0.868. The maximum atomic E-state index is 11.7. The van der Waals surface area contributed by atoms with E-state index in [0.717, 1.165) is 12.1 Å². The van der Waals surface area contributed by atoms with Gasteiger partial charge >= 0.3 is 5.97 Å². The van der Waals surface area contributed by atoms with Crippen molar-refractivity contribution in [2.75, 3.05) is 30.9 Å². The van der Waals surface area contributed by atoms with Gasteiger partial charge in [-0.1, -0.05) is 6.92 Å². The molecule has 1 aliphatic carbocycles. The molecule has 0 unspecified atom stereocenters. The summed E-state index contributed by atoms with van der Waals surface area (Å²) in [7, 11) is 3.90. The molecule has 2 rings (SSSR count). The van der Waals surface area contributed by atoms with Gasteiger partial charge in [-0.15, -0.1) is 0 Å². The van der Waals surface area contributed by atoms with Crippen molar-refractivity contribution in [3.63, 3.8) is 0 Å². The van der Waals surface area contributed by atoms with Crippen LogP contribution >= 0.6 is 0 Å². The maximum absolute atomic E-state index is 11.7. The maximum Gasteiger partial charge on any atom is 0.309 e. The van der Waals surface area contributed by atoms with Gasteiger partial charge in [0.15, 0.2) is 6.61 Å². The van der Waals surface area contributed by atoms with Crippen LogP contribution in [0.4, 0.5) is 11.4 Å². The van der Waals surface area contributed by atoms with E-state index in [9.17, 15) is 9.59 Å². The molecule has 1 aromatic rings. The molecule has 0 bridgehead atoms. The number of amides is 1. The topological polar surface area (TPSA) is 58.6 Å². The first-order chi connectivity index (χ1) is 9.47. The minimum Gasteiger partial charge on any atom is -0.455 e. The largest absolute Gasteiger partial charge is 0.455 e. The third-order valence-corrected chi connectivity index (χ3v) is 3.43. The van der Waals surface area contributed by atoms with Crippen LogP contribution in [0.5, 0.6) is 0 Å². The van der Waals surface area contributed by atoms with E-state index in [4.69, 9.17) is 4.74 Å². The fraction of sp³-hybridized carbons (Fsp3) is 0.467. The quantitative estimate of drug-likeness (QED) is 0.834. The number of ether oxygens (including phenoxy) is 1. The molecule has 1 amide bonds. The first kappa shape index (κ1) is 14.4. The van der Waals surface area contributed by atoms with Crippen molar-refractivity contribution in [2.45, 2.75) is 13.3 Å². The number of nitrogens with zero attached hydrogens (tertiary/aromatic N) is 1. The zero-order valence-electron chi connectivity index (χ0n) is 12.1. The van der Waals surface area contributed by atoms with Crippen LogP contribution < -0.4 is 10.2 Å². The molecule has 0 heterocycles. The number of hydrogen-bond acceptors (Lipinski definition) is 4. The third kappa shape index (κ3) is 3.73. The average Bonchev–Trinajstić information content (AvgIpc) is 3.14. The summed E-state index contributed by atoms with van der Waals surface area (Å²) in [5, 5.41) is 2.70. The van der Waals surface area contributed by atoms with Crippen molar-refractivity contribution >= 4 is 23.3 Å². The lowest BCUT2D eigenvalue weighted by molar-refractivity contribution is -0.148. The predicted molar refractivity (Wildman–Crippen MR) is 77.6 cm³/mol. The fourth-order valence-electron chi connectivity index (χ4n) is 1.93. The average molecular weight is 276 g/mol. The highest BCUT2D eigenvalue weighted by Gasteiger charge is 2.40. The SMILES string of the molecule is C[C@@H]1C[C@@H]1C(=O)OCC(=O)Nc1ccc(N(C)C)cc1. The summed E-state index contributed by atoms with van der Waals surface area (Å²) in [4.78, 5) is 25.1. The molecular weight excluding hydrogens is 256 g/mol. The van der Waals surface area contributed by atoms with Gasteiger partial charge in [-0.2, -0.15) is 0 Å². The van der Waals surface area contributed by atoms with Crippen molar-refractivity contribution in [3.8, 4) is 0 Å². The highest BCUT2D eigenvalue weighted by atomic mass is 16.5. The van der Waals surface area contributed by atoms with E-state index in [1.165, 1.54) is 0 Å². The van der Waals surface area contributed by atoms with E-state index in [1.807, 2.05) is 50.2 Å². The molecule has 1 N–H and O–H groups in total. The minimum absolute atomic E-state index is 0.0119. The highest BCUT2D eigenvalue weighted by Crippen LogP contribution is 2.38.